The highest BCUT2D eigenvalue weighted by Crippen LogP contribution is 2.25. The molecule has 0 unspecified atom stereocenters. The molecule has 0 saturated carbocycles. The number of nitrogens with one attached hydrogen (secondary N) is 1. The number of rotatable bonds is 8. The summed E-state index contributed by atoms with van der Waals surface area (Å²) >= 11 is 6.16. The lowest BCUT2D eigenvalue weighted by molar-refractivity contribution is 0.612. The summed E-state index contributed by atoms with van der Waals surface area (Å²) in [5.74, 6) is 0. The maximum Gasteiger partial charge on any atom is 0.0498 e. The van der Waals surface area contributed by atoms with E-state index in [2.05, 4.69) is 42.1 Å². The zero-order valence-electron chi connectivity index (χ0n) is 12.6. The molecule has 0 fully saturated rings. The van der Waals surface area contributed by atoms with Crippen molar-refractivity contribution in [2.45, 2.75) is 52.6 Å². The number of hydrogen-bond donors (Lipinski definition) is 1. The molecule has 2 nitrogen and oxygen atoms in total. The number of aromatic nitrogens is 1. The number of aryl methyl sites for hydroxylation is 1. The average Bonchev–Trinajstić information content (AvgIpc) is 2.77. The molecule has 20 heavy (non-hydrogen) atoms. The Balaban J connectivity index is 2.23. The van der Waals surface area contributed by atoms with Crippen molar-refractivity contribution in [2.75, 3.05) is 6.54 Å². The number of fused-ring (bicyclic) bond motifs is 1. The molecule has 0 bridgehead atoms. The molecule has 0 radical (unpaired) electrons. The largest absolute Gasteiger partial charge is 0.347 e. The van der Waals surface area contributed by atoms with E-state index < -0.39 is 0 Å². The van der Waals surface area contributed by atoms with Crippen LogP contribution in [0.25, 0.3) is 10.9 Å². The normalized spacial score (nSPS) is 11.3. The van der Waals surface area contributed by atoms with Crippen molar-refractivity contribution < 1.29 is 0 Å². The van der Waals surface area contributed by atoms with Crippen molar-refractivity contribution in [3.05, 3.63) is 35.0 Å². The van der Waals surface area contributed by atoms with Crippen LogP contribution in [0.15, 0.2) is 24.4 Å². The van der Waals surface area contributed by atoms with Gasteiger partial charge in [0.15, 0.2) is 0 Å². The van der Waals surface area contributed by atoms with Crippen LogP contribution in [0.5, 0.6) is 0 Å². The highest BCUT2D eigenvalue weighted by atomic mass is 35.5. The van der Waals surface area contributed by atoms with E-state index in [9.17, 15) is 0 Å². The summed E-state index contributed by atoms with van der Waals surface area (Å²) in [6, 6.07) is 6.23. The Morgan fingerprint density at radius 3 is 2.75 bits per heavy atom. The fourth-order valence-corrected chi connectivity index (χ4v) is 2.77. The smallest absolute Gasteiger partial charge is 0.0498 e. The summed E-state index contributed by atoms with van der Waals surface area (Å²) in [6.07, 6.45) is 7.23. The first-order valence-electron chi connectivity index (χ1n) is 7.74. The molecular formula is C17H25ClN2. The van der Waals surface area contributed by atoms with Crippen LogP contribution in [-0.2, 0) is 13.1 Å². The van der Waals surface area contributed by atoms with Crippen LogP contribution in [0.3, 0.4) is 0 Å². The summed E-state index contributed by atoms with van der Waals surface area (Å²) in [5.41, 5.74) is 2.64. The van der Waals surface area contributed by atoms with Gasteiger partial charge in [-0.25, -0.2) is 0 Å². The van der Waals surface area contributed by atoms with E-state index in [0.717, 1.165) is 24.7 Å². The lowest BCUT2D eigenvalue weighted by Gasteiger charge is -2.04. The molecule has 0 aliphatic rings. The molecule has 1 heterocycles. The fourth-order valence-electron chi connectivity index (χ4n) is 2.60. The van der Waals surface area contributed by atoms with Gasteiger partial charge in [-0.15, -0.1) is 0 Å². The highest BCUT2D eigenvalue weighted by Gasteiger charge is 2.08. The summed E-state index contributed by atoms with van der Waals surface area (Å²) in [6.45, 7) is 7.52. The third-order valence-corrected chi connectivity index (χ3v) is 3.91. The van der Waals surface area contributed by atoms with Crippen molar-refractivity contribution in [3.63, 3.8) is 0 Å². The van der Waals surface area contributed by atoms with Gasteiger partial charge < -0.3 is 9.88 Å². The van der Waals surface area contributed by atoms with E-state index in [1.165, 1.54) is 42.1 Å². The molecule has 0 aliphatic carbocycles. The monoisotopic (exact) mass is 292 g/mol. The number of hydrogen-bond acceptors (Lipinski definition) is 1. The van der Waals surface area contributed by atoms with Gasteiger partial charge in [-0.1, -0.05) is 44.4 Å². The number of benzene rings is 1. The molecule has 3 heteroatoms. The van der Waals surface area contributed by atoms with Gasteiger partial charge in [-0.2, -0.15) is 0 Å². The number of unbranched alkanes of at least 4 members (excludes halogenated alkanes) is 2. The van der Waals surface area contributed by atoms with Crippen LogP contribution in [0.2, 0.25) is 5.02 Å². The number of nitrogens with zero attached hydrogens (tertiary/aromatic N) is 1. The first-order chi connectivity index (χ1) is 9.76. The Bertz CT molecular complexity index is 545. The molecule has 0 spiro atoms. The van der Waals surface area contributed by atoms with Crippen LogP contribution in [0.4, 0.5) is 0 Å². The molecule has 0 saturated heterocycles. The van der Waals surface area contributed by atoms with Gasteiger partial charge in [0.25, 0.3) is 0 Å². The molecule has 0 atom stereocenters. The van der Waals surface area contributed by atoms with E-state index in [-0.39, 0.29) is 0 Å². The average molecular weight is 293 g/mol. The van der Waals surface area contributed by atoms with Gasteiger partial charge in [0, 0.05) is 35.2 Å². The second-order valence-corrected chi connectivity index (χ2v) is 5.83. The van der Waals surface area contributed by atoms with Crippen molar-refractivity contribution in [3.8, 4) is 0 Å². The van der Waals surface area contributed by atoms with Gasteiger partial charge in [0.2, 0.25) is 0 Å². The summed E-state index contributed by atoms with van der Waals surface area (Å²) < 4.78 is 2.36. The van der Waals surface area contributed by atoms with Crippen molar-refractivity contribution >= 4 is 22.5 Å². The second kappa shape index (κ2) is 7.70. The zero-order chi connectivity index (χ0) is 14.4. The van der Waals surface area contributed by atoms with E-state index in [1.807, 2.05) is 6.07 Å². The molecular weight excluding hydrogens is 268 g/mol. The predicted octanol–water partition coefficient (Wildman–Crippen LogP) is 4.98. The lowest BCUT2D eigenvalue weighted by atomic mass is 10.2. The molecule has 1 aromatic carbocycles. The van der Waals surface area contributed by atoms with Crippen LogP contribution in [-0.4, -0.2) is 11.1 Å². The lowest BCUT2D eigenvalue weighted by Crippen LogP contribution is -2.13. The Morgan fingerprint density at radius 2 is 2.00 bits per heavy atom. The topological polar surface area (TPSA) is 17.0 Å². The first kappa shape index (κ1) is 15.4. The van der Waals surface area contributed by atoms with Gasteiger partial charge in [-0.05, 0) is 37.1 Å². The Hall–Kier alpha value is -0.990. The SMILES string of the molecule is CCCCCn1cc(CNCCC)c2ccc(Cl)cc21. The van der Waals surface area contributed by atoms with Crippen LogP contribution in [0, 0.1) is 0 Å². The standard InChI is InChI=1S/C17H25ClN2/c1-3-5-6-10-20-13-14(12-19-9-4-2)16-8-7-15(18)11-17(16)20/h7-8,11,13,19H,3-6,9-10,12H2,1-2H3. The van der Waals surface area contributed by atoms with E-state index in [1.54, 1.807) is 0 Å². The molecule has 2 rings (SSSR count). The maximum absolute atomic E-state index is 6.16. The van der Waals surface area contributed by atoms with Crippen LogP contribution < -0.4 is 5.32 Å². The molecule has 0 aliphatic heterocycles. The Kier molecular flexibility index (Phi) is 5.93. The Labute approximate surface area is 127 Å². The summed E-state index contributed by atoms with van der Waals surface area (Å²) in [5, 5.41) is 5.64. The van der Waals surface area contributed by atoms with Crippen LogP contribution >= 0.6 is 11.6 Å². The second-order valence-electron chi connectivity index (χ2n) is 5.39. The van der Waals surface area contributed by atoms with Gasteiger partial charge in [0.1, 0.15) is 0 Å². The van der Waals surface area contributed by atoms with E-state index >= 15 is 0 Å². The van der Waals surface area contributed by atoms with E-state index in [4.69, 9.17) is 11.6 Å². The summed E-state index contributed by atoms with van der Waals surface area (Å²) in [7, 11) is 0. The molecule has 1 N–H and O–H groups in total. The van der Waals surface area contributed by atoms with Crippen molar-refractivity contribution in [1.29, 1.82) is 0 Å². The fraction of sp³-hybridized carbons (Fsp3) is 0.529. The molecule has 1 aromatic heterocycles. The Morgan fingerprint density at radius 1 is 1.15 bits per heavy atom. The third kappa shape index (κ3) is 3.77. The molecule has 0 amide bonds. The quantitative estimate of drug-likeness (QED) is 0.679. The molecule has 2 aromatic rings. The minimum absolute atomic E-state index is 0.820. The van der Waals surface area contributed by atoms with Crippen molar-refractivity contribution in [2.24, 2.45) is 0 Å². The van der Waals surface area contributed by atoms with Gasteiger partial charge in [0.05, 0.1) is 0 Å². The van der Waals surface area contributed by atoms with Gasteiger partial charge >= 0.3 is 0 Å². The van der Waals surface area contributed by atoms with Crippen molar-refractivity contribution in [1.82, 2.24) is 9.88 Å². The summed E-state index contributed by atoms with van der Waals surface area (Å²) in [4.78, 5) is 0. The number of halogens is 1. The highest BCUT2D eigenvalue weighted by molar-refractivity contribution is 6.31. The zero-order valence-corrected chi connectivity index (χ0v) is 13.3. The van der Waals surface area contributed by atoms with E-state index in [0.29, 0.717) is 0 Å². The maximum atomic E-state index is 6.16. The minimum Gasteiger partial charge on any atom is -0.347 e. The van der Waals surface area contributed by atoms with Gasteiger partial charge in [-0.3, -0.25) is 0 Å². The third-order valence-electron chi connectivity index (χ3n) is 3.67. The van der Waals surface area contributed by atoms with Crippen LogP contribution in [0.1, 0.15) is 45.1 Å². The molecule has 110 valence electrons. The first-order valence-corrected chi connectivity index (χ1v) is 8.12. The predicted molar refractivity (Wildman–Crippen MR) is 88.5 cm³/mol. The minimum atomic E-state index is 0.820.